The average molecular weight is 292 g/mol. The van der Waals surface area contributed by atoms with E-state index in [9.17, 15) is 9.59 Å². The Bertz CT molecular complexity index is 464. The van der Waals surface area contributed by atoms with E-state index in [0.717, 1.165) is 0 Å². The third-order valence-electron chi connectivity index (χ3n) is 1.95. The first kappa shape index (κ1) is 14.6. The Kier molecular flexibility index (Phi) is 5.25. The van der Waals surface area contributed by atoms with Crippen molar-refractivity contribution in [2.24, 2.45) is 5.73 Å². The fourth-order valence-corrected chi connectivity index (χ4v) is 1.48. The maximum Gasteiger partial charge on any atom is 0.344 e. The topological polar surface area (TPSA) is 78.6 Å². The van der Waals surface area contributed by atoms with E-state index in [1.165, 1.54) is 19.1 Å². The van der Waals surface area contributed by atoms with Gasteiger partial charge in [0.2, 0.25) is 0 Å². The number of rotatable bonds is 5. The van der Waals surface area contributed by atoms with Crippen molar-refractivity contribution in [3.63, 3.8) is 0 Å². The Morgan fingerprint density at radius 3 is 2.61 bits per heavy atom. The van der Waals surface area contributed by atoms with Gasteiger partial charge in [-0.1, -0.05) is 23.2 Å². The molecular formula is C11H11Cl2NO4. The van der Waals surface area contributed by atoms with Crippen LogP contribution in [-0.4, -0.2) is 24.6 Å². The first-order valence-corrected chi connectivity index (χ1v) is 5.72. The van der Waals surface area contributed by atoms with Gasteiger partial charge in [-0.3, -0.25) is 4.79 Å². The minimum Gasteiger partial charge on any atom is -0.480 e. The van der Waals surface area contributed by atoms with Crippen LogP contribution < -0.4 is 10.5 Å². The highest BCUT2D eigenvalue weighted by Gasteiger charge is 2.15. The number of esters is 1. The van der Waals surface area contributed by atoms with Gasteiger partial charge < -0.3 is 15.2 Å². The van der Waals surface area contributed by atoms with Crippen molar-refractivity contribution in [2.45, 2.75) is 13.0 Å². The molecule has 0 saturated heterocycles. The van der Waals surface area contributed by atoms with Crippen LogP contribution in [0.15, 0.2) is 18.2 Å². The Balaban J connectivity index is 2.50. The zero-order valence-electron chi connectivity index (χ0n) is 9.48. The Morgan fingerprint density at radius 2 is 2.06 bits per heavy atom. The normalized spacial score (nSPS) is 11.7. The number of carbonyl (C=O) groups excluding carboxylic acids is 2. The van der Waals surface area contributed by atoms with Crippen molar-refractivity contribution >= 4 is 35.1 Å². The SMILES string of the molecule is C[C@H](OC(=O)COc1ccc(Cl)cc1Cl)C(N)=O. The fourth-order valence-electron chi connectivity index (χ4n) is 1.02. The highest BCUT2D eigenvalue weighted by Crippen LogP contribution is 2.27. The molecule has 0 aliphatic carbocycles. The molecule has 1 amide bonds. The molecule has 1 aromatic carbocycles. The van der Waals surface area contributed by atoms with E-state index in [1.54, 1.807) is 6.07 Å². The van der Waals surface area contributed by atoms with Crippen LogP contribution >= 0.6 is 23.2 Å². The third-order valence-corrected chi connectivity index (χ3v) is 2.48. The van der Waals surface area contributed by atoms with Gasteiger partial charge in [0.25, 0.3) is 5.91 Å². The Morgan fingerprint density at radius 1 is 1.39 bits per heavy atom. The molecule has 0 aromatic heterocycles. The lowest BCUT2D eigenvalue weighted by Gasteiger charge is -2.11. The maximum absolute atomic E-state index is 11.3. The van der Waals surface area contributed by atoms with Gasteiger partial charge in [-0.05, 0) is 25.1 Å². The van der Waals surface area contributed by atoms with Gasteiger partial charge in [-0.2, -0.15) is 0 Å². The van der Waals surface area contributed by atoms with Gasteiger partial charge in [0.05, 0.1) is 5.02 Å². The number of amides is 1. The largest absolute Gasteiger partial charge is 0.480 e. The molecule has 0 aliphatic rings. The number of carbonyl (C=O) groups is 2. The predicted octanol–water partition coefficient (Wildman–Crippen LogP) is 1.79. The summed E-state index contributed by atoms with van der Waals surface area (Å²) in [7, 11) is 0. The molecule has 0 aliphatic heterocycles. The summed E-state index contributed by atoms with van der Waals surface area (Å²) in [6.45, 7) is 0.995. The monoisotopic (exact) mass is 291 g/mol. The summed E-state index contributed by atoms with van der Waals surface area (Å²) < 4.78 is 9.81. The van der Waals surface area contributed by atoms with Crippen LogP contribution in [-0.2, 0) is 14.3 Å². The van der Waals surface area contributed by atoms with Gasteiger partial charge in [0.1, 0.15) is 5.75 Å². The number of benzene rings is 1. The molecule has 2 N–H and O–H groups in total. The van der Waals surface area contributed by atoms with Crippen molar-refractivity contribution in [2.75, 3.05) is 6.61 Å². The number of hydrogen-bond donors (Lipinski definition) is 1. The fraction of sp³-hybridized carbons (Fsp3) is 0.273. The molecule has 0 radical (unpaired) electrons. The van der Waals surface area contributed by atoms with E-state index >= 15 is 0 Å². The molecule has 0 bridgehead atoms. The third kappa shape index (κ3) is 4.43. The second kappa shape index (κ2) is 6.47. The Labute approximate surface area is 114 Å². The van der Waals surface area contributed by atoms with E-state index < -0.39 is 18.0 Å². The molecule has 5 nitrogen and oxygen atoms in total. The smallest absolute Gasteiger partial charge is 0.344 e. The van der Waals surface area contributed by atoms with Crippen LogP contribution in [0.5, 0.6) is 5.75 Å². The number of halogens is 2. The van der Waals surface area contributed by atoms with Gasteiger partial charge in [0.15, 0.2) is 12.7 Å². The molecule has 1 aromatic rings. The molecule has 1 atom stereocenters. The highest BCUT2D eigenvalue weighted by molar-refractivity contribution is 6.35. The van der Waals surface area contributed by atoms with E-state index in [-0.39, 0.29) is 11.6 Å². The van der Waals surface area contributed by atoms with E-state index in [2.05, 4.69) is 4.74 Å². The molecule has 7 heteroatoms. The second-order valence-electron chi connectivity index (χ2n) is 3.40. The zero-order chi connectivity index (χ0) is 13.7. The molecule has 0 spiro atoms. The number of nitrogens with two attached hydrogens (primary N) is 1. The first-order valence-electron chi connectivity index (χ1n) is 4.97. The Hall–Kier alpha value is -1.46. The molecule has 18 heavy (non-hydrogen) atoms. The van der Waals surface area contributed by atoms with E-state index in [0.29, 0.717) is 10.8 Å². The number of hydrogen-bond acceptors (Lipinski definition) is 4. The highest BCUT2D eigenvalue weighted by atomic mass is 35.5. The summed E-state index contributed by atoms with van der Waals surface area (Å²) in [5.74, 6) is -1.15. The lowest BCUT2D eigenvalue weighted by atomic mass is 10.3. The van der Waals surface area contributed by atoms with Crippen LogP contribution in [0.3, 0.4) is 0 Å². The molecule has 0 heterocycles. The predicted molar refractivity (Wildman–Crippen MR) is 66.7 cm³/mol. The second-order valence-corrected chi connectivity index (χ2v) is 4.24. The lowest BCUT2D eigenvalue weighted by molar-refractivity contribution is -0.155. The van der Waals surface area contributed by atoms with Crippen LogP contribution in [0.2, 0.25) is 10.0 Å². The molecule has 1 rings (SSSR count). The number of primary amides is 1. The van der Waals surface area contributed by atoms with Crippen molar-refractivity contribution in [1.29, 1.82) is 0 Å². The van der Waals surface area contributed by atoms with Crippen molar-refractivity contribution in [3.05, 3.63) is 28.2 Å². The summed E-state index contributed by atoms with van der Waals surface area (Å²) in [4.78, 5) is 22.0. The summed E-state index contributed by atoms with van der Waals surface area (Å²) in [6.07, 6.45) is -0.998. The number of ether oxygens (including phenoxy) is 2. The van der Waals surface area contributed by atoms with Crippen LogP contribution in [0.4, 0.5) is 0 Å². The summed E-state index contributed by atoms with van der Waals surface area (Å²) in [5.41, 5.74) is 4.94. The van der Waals surface area contributed by atoms with Crippen molar-refractivity contribution in [1.82, 2.24) is 0 Å². The molecule has 0 unspecified atom stereocenters. The zero-order valence-corrected chi connectivity index (χ0v) is 11.0. The lowest BCUT2D eigenvalue weighted by Crippen LogP contribution is -2.32. The van der Waals surface area contributed by atoms with E-state index in [1.807, 2.05) is 0 Å². The standard InChI is InChI=1S/C11H11Cl2NO4/c1-6(11(14)16)18-10(15)5-17-9-3-2-7(12)4-8(9)13/h2-4,6H,5H2,1H3,(H2,14,16)/t6-/m0/s1. The van der Waals surface area contributed by atoms with Gasteiger partial charge >= 0.3 is 5.97 Å². The average Bonchev–Trinajstić information content (AvgIpc) is 2.27. The van der Waals surface area contributed by atoms with Crippen molar-refractivity contribution < 1.29 is 19.1 Å². The van der Waals surface area contributed by atoms with E-state index in [4.69, 9.17) is 33.7 Å². The molecule has 98 valence electrons. The van der Waals surface area contributed by atoms with Crippen LogP contribution in [0, 0.1) is 0 Å². The van der Waals surface area contributed by atoms with Crippen LogP contribution in [0.1, 0.15) is 6.92 Å². The van der Waals surface area contributed by atoms with Gasteiger partial charge in [0, 0.05) is 5.02 Å². The summed E-state index contributed by atoms with van der Waals surface area (Å²) in [5, 5.41) is 0.732. The summed E-state index contributed by atoms with van der Waals surface area (Å²) in [6, 6.07) is 4.57. The minimum absolute atomic E-state index is 0.276. The quantitative estimate of drug-likeness (QED) is 0.839. The summed E-state index contributed by atoms with van der Waals surface area (Å²) >= 11 is 11.5. The molecule has 0 fully saturated rings. The van der Waals surface area contributed by atoms with Crippen LogP contribution in [0.25, 0.3) is 0 Å². The first-order chi connectivity index (χ1) is 8.40. The molecule has 0 saturated carbocycles. The van der Waals surface area contributed by atoms with Crippen molar-refractivity contribution in [3.8, 4) is 5.75 Å². The maximum atomic E-state index is 11.3. The van der Waals surface area contributed by atoms with Gasteiger partial charge in [-0.25, -0.2) is 4.79 Å². The molecular weight excluding hydrogens is 281 g/mol. The minimum atomic E-state index is -0.998. The van der Waals surface area contributed by atoms with Gasteiger partial charge in [-0.15, -0.1) is 0 Å².